The highest BCUT2D eigenvalue weighted by Crippen LogP contribution is 2.29. The monoisotopic (exact) mass is 285 g/mol. The van der Waals surface area contributed by atoms with E-state index in [1.54, 1.807) is 14.2 Å². The SMILES string of the molecule is COCCCN(CCOC)C(C)c1cc(F)ccc1O. The maximum atomic E-state index is 13.4. The van der Waals surface area contributed by atoms with Crippen LogP contribution in [0.3, 0.4) is 0 Å². The fourth-order valence-electron chi connectivity index (χ4n) is 2.18. The summed E-state index contributed by atoms with van der Waals surface area (Å²) in [6, 6.07) is 3.95. The summed E-state index contributed by atoms with van der Waals surface area (Å²) in [6.07, 6.45) is 0.876. The van der Waals surface area contributed by atoms with E-state index in [0.29, 0.717) is 18.8 Å². The molecule has 20 heavy (non-hydrogen) atoms. The van der Waals surface area contributed by atoms with Crippen LogP contribution in [-0.4, -0.2) is 50.5 Å². The summed E-state index contributed by atoms with van der Waals surface area (Å²) in [6.45, 7) is 4.74. The van der Waals surface area contributed by atoms with Gasteiger partial charge in [-0.1, -0.05) is 0 Å². The number of benzene rings is 1. The number of aromatic hydroxyl groups is 1. The smallest absolute Gasteiger partial charge is 0.123 e. The van der Waals surface area contributed by atoms with Gasteiger partial charge in [-0.15, -0.1) is 0 Å². The van der Waals surface area contributed by atoms with Crippen molar-refractivity contribution in [3.05, 3.63) is 29.6 Å². The molecule has 0 spiro atoms. The number of ether oxygens (including phenoxy) is 2. The van der Waals surface area contributed by atoms with Gasteiger partial charge in [0.25, 0.3) is 0 Å². The summed E-state index contributed by atoms with van der Waals surface area (Å²) < 4.78 is 23.5. The molecule has 1 N–H and O–H groups in total. The Morgan fingerprint density at radius 3 is 2.55 bits per heavy atom. The maximum absolute atomic E-state index is 13.4. The van der Waals surface area contributed by atoms with Crippen molar-refractivity contribution in [2.75, 3.05) is 40.5 Å². The lowest BCUT2D eigenvalue weighted by Gasteiger charge is -2.29. The average molecular weight is 285 g/mol. The van der Waals surface area contributed by atoms with Gasteiger partial charge in [0.15, 0.2) is 0 Å². The largest absolute Gasteiger partial charge is 0.508 e. The number of nitrogens with zero attached hydrogens (tertiary/aromatic N) is 1. The molecule has 1 aromatic rings. The fourth-order valence-corrected chi connectivity index (χ4v) is 2.18. The van der Waals surface area contributed by atoms with Crippen molar-refractivity contribution in [1.82, 2.24) is 4.90 Å². The minimum atomic E-state index is -0.340. The molecule has 0 heterocycles. The van der Waals surface area contributed by atoms with E-state index in [4.69, 9.17) is 9.47 Å². The molecule has 0 amide bonds. The molecule has 1 atom stereocenters. The molecule has 1 unspecified atom stereocenters. The molecular weight excluding hydrogens is 261 g/mol. The second kappa shape index (κ2) is 8.89. The lowest BCUT2D eigenvalue weighted by molar-refractivity contribution is 0.110. The first-order chi connectivity index (χ1) is 9.60. The van der Waals surface area contributed by atoms with Gasteiger partial charge in [-0.2, -0.15) is 0 Å². The lowest BCUT2D eigenvalue weighted by Crippen LogP contribution is -2.32. The van der Waals surface area contributed by atoms with Crippen molar-refractivity contribution in [2.24, 2.45) is 0 Å². The van der Waals surface area contributed by atoms with Gasteiger partial charge in [0.05, 0.1) is 6.61 Å². The van der Waals surface area contributed by atoms with Crippen LogP contribution in [0, 0.1) is 5.82 Å². The number of hydrogen-bond donors (Lipinski definition) is 1. The van der Waals surface area contributed by atoms with Gasteiger partial charge >= 0.3 is 0 Å². The van der Waals surface area contributed by atoms with Crippen LogP contribution < -0.4 is 0 Å². The van der Waals surface area contributed by atoms with E-state index >= 15 is 0 Å². The van der Waals surface area contributed by atoms with Gasteiger partial charge in [0.1, 0.15) is 11.6 Å². The number of methoxy groups -OCH3 is 2. The Kier molecular flexibility index (Phi) is 7.51. The van der Waals surface area contributed by atoms with Crippen molar-refractivity contribution in [2.45, 2.75) is 19.4 Å². The third-order valence-corrected chi connectivity index (χ3v) is 3.36. The summed E-state index contributed by atoms with van der Waals surface area (Å²) in [7, 11) is 3.32. The van der Waals surface area contributed by atoms with Crippen molar-refractivity contribution in [3.8, 4) is 5.75 Å². The third-order valence-electron chi connectivity index (χ3n) is 3.36. The van der Waals surface area contributed by atoms with Gasteiger partial charge < -0.3 is 14.6 Å². The molecule has 0 aliphatic rings. The Bertz CT molecular complexity index is 401. The molecule has 114 valence electrons. The van der Waals surface area contributed by atoms with E-state index < -0.39 is 0 Å². The van der Waals surface area contributed by atoms with E-state index in [2.05, 4.69) is 4.90 Å². The highest BCUT2D eigenvalue weighted by molar-refractivity contribution is 5.34. The molecule has 1 aromatic carbocycles. The molecule has 0 saturated heterocycles. The van der Waals surface area contributed by atoms with Crippen molar-refractivity contribution in [1.29, 1.82) is 0 Å². The highest BCUT2D eigenvalue weighted by Gasteiger charge is 2.18. The van der Waals surface area contributed by atoms with Crippen molar-refractivity contribution < 1.29 is 19.0 Å². The maximum Gasteiger partial charge on any atom is 0.123 e. The molecular formula is C15H24FNO3. The lowest BCUT2D eigenvalue weighted by atomic mass is 10.1. The zero-order chi connectivity index (χ0) is 15.0. The van der Waals surface area contributed by atoms with Crippen LogP contribution in [0.25, 0.3) is 0 Å². The summed E-state index contributed by atoms with van der Waals surface area (Å²) in [5.41, 5.74) is 0.596. The van der Waals surface area contributed by atoms with Gasteiger partial charge in [-0.05, 0) is 31.5 Å². The summed E-state index contributed by atoms with van der Waals surface area (Å²) >= 11 is 0. The van der Waals surface area contributed by atoms with Crippen molar-refractivity contribution in [3.63, 3.8) is 0 Å². The van der Waals surface area contributed by atoms with Crippen LogP contribution in [0.2, 0.25) is 0 Å². The molecule has 0 aliphatic heterocycles. The fraction of sp³-hybridized carbons (Fsp3) is 0.600. The Balaban J connectivity index is 2.78. The Labute approximate surface area is 120 Å². The Morgan fingerprint density at radius 2 is 1.90 bits per heavy atom. The van der Waals surface area contributed by atoms with Crippen LogP contribution in [0.4, 0.5) is 4.39 Å². The minimum absolute atomic E-state index is 0.0855. The Hall–Kier alpha value is -1.17. The van der Waals surface area contributed by atoms with Crippen LogP contribution in [0.15, 0.2) is 18.2 Å². The number of rotatable bonds is 9. The molecule has 0 bridgehead atoms. The number of halogens is 1. The van der Waals surface area contributed by atoms with Gasteiger partial charge in [-0.25, -0.2) is 4.39 Å². The molecule has 1 rings (SSSR count). The van der Waals surface area contributed by atoms with Crippen LogP contribution in [0.5, 0.6) is 5.75 Å². The zero-order valence-electron chi connectivity index (χ0n) is 12.4. The molecule has 4 nitrogen and oxygen atoms in total. The Morgan fingerprint density at radius 1 is 1.20 bits per heavy atom. The summed E-state index contributed by atoms with van der Waals surface area (Å²) in [5, 5.41) is 9.90. The second-order valence-corrected chi connectivity index (χ2v) is 4.75. The first-order valence-electron chi connectivity index (χ1n) is 6.80. The normalized spacial score (nSPS) is 12.8. The quantitative estimate of drug-likeness (QED) is 0.708. The number of phenolic OH excluding ortho intramolecular Hbond substituents is 1. The van der Waals surface area contributed by atoms with Gasteiger partial charge in [0.2, 0.25) is 0 Å². The topological polar surface area (TPSA) is 41.9 Å². The molecule has 0 aliphatic carbocycles. The second-order valence-electron chi connectivity index (χ2n) is 4.75. The van der Waals surface area contributed by atoms with E-state index in [9.17, 15) is 9.50 Å². The first-order valence-corrected chi connectivity index (χ1v) is 6.80. The first kappa shape index (κ1) is 16.9. The molecule has 0 fully saturated rings. The minimum Gasteiger partial charge on any atom is -0.508 e. The van der Waals surface area contributed by atoms with Gasteiger partial charge in [-0.3, -0.25) is 4.90 Å². The van der Waals surface area contributed by atoms with Crippen LogP contribution >= 0.6 is 0 Å². The standard InChI is InChI=1S/C15H24FNO3/c1-12(14-11-13(16)5-6-15(14)18)17(8-10-20-3)7-4-9-19-2/h5-6,11-12,18H,4,7-10H2,1-3H3. The van der Waals surface area contributed by atoms with E-state index in [0.717, 1.165) is 19.5 Å². The van der Waals surface area contributed by atoms with Crippen LogP contribution in [0.1, 0.15) is 24.9 Å². The molecule has 0 aromatic heterocycles. The van der Waals surface area contributed by atoms with Gasteiger partial charge in [0, 0.05) is 45.5 Å². The van der Waals surface area contributed by atoms with E-state index in [-0.39, 0.29) is 17.6 Å². The third kappa shape index (κ3) is 5.07. The van der Waals surface area contributed by atoms with E-state index in [1.807, 2.05) is 6.92 Å². The molecule has 0 saturated carbocycles. The number of hydrogen-bond acceptors (Lipinski definition) is 4. The highest BCUT2D eigenvalue weighted by atomic mass is 19.1. The predicted octanol–water partition coefficient (Wildman–Crippen LogP) is 2.58. The zero-order valence-corrected chi connectivity index (χ0v) is 12.4. The van der Waals surface area contributed by atoms with E-state index in [1.165, 1.54) is 18.2 Å². The summed E-state index contributed by atoms with van der Waals surface area (Å²) in [5.74, 6) is -0.221. The molecule has 0 radical (unpaired) electrons. The van der Waals surface area contributed by atoms with Crippen LogP contribution in [-0.2, 0) is 9.47 Å². The summed E-state index contributed by atoms with van der Waals surface area (Å²) in [4.78, 5) is 2.15. The average Bonchev–Trinajstić information content (AvgIpc) is 2.44. The predicted molar refractivity (Wildman–Crippen MR) is 76.4 cm³/mol. The number of phenols is 1. The molecule has 5 heteroatoms. The van der Waals surface area contributed by atoms with Crippen molar-refractivity contribution >= 4 is 0 Å².